The summed E-state index contributed by atoms with van der Waals surface area (Å²) in [6, 6.07) is 0. The fourth-order valence-electron chi connectivity index (χ4n) is 12.4. The monoisotopic (exact) mass is 1450 g/mol. The predicted molar refractivity (Wildman–Crippen MR) is 405 cm³/mol. The minimum absolute atomic E-state index is 0.107. The van der Waals surface area contributed by atoms with Crippen molar-refractivity contribution in [2.45, 2.75) is 439 Å². The number of rotatable bonds is 79. The molecule has 0 saturated heterocycles. The number of phosphoric acid groups is 2. The van der Waals surface area contributed by atoms with Crippen LogP contribution in [0.15, 0.2) is 0 Å². The van der Waals surface area contributed by atoms with E-state index in [0.717, 1.165) is 102 Å². The van der Waals surface area contributed by atoms with E-state index >= 15 is 0 Å². The van der Waals surface area contributed by atoms with E-state index in [1.807, 2.05) is 0 Å². The highest BCUT2D eigenvalue weighted by Gasteiger charge is 2.30. The standard InChI is InChI=1S/C80H156O17P2/c1-7-9-11-13-15-17-19-21-23-27-31-34-38-44-50-56-62-77(82)90-68-75(96-79(84)65-59-53-46-40-36-32-28-25-24-26-29-33-37-42-48-54-60-72(3)4)70-94-98(86,87)92-66-74(81)67-93-99(88,89)95-71-76(69-91-78(83)63-57-51-47-41-43-49-55-61-73(5)6)97-80(85)64-58-52-45-39-35-30-22-20-18-16-14-12-10-8-2/h72-76,81H,7-71H2,1-6H3,(H,86,87)(H,88,89)/t74-,75-,76-/m1/s1. The Morgan fingerprint density at radius 3 is 0.687 bits per heavy atom. The van der Waals surface area contributed by atoms with Gasteiger partial charge in [0.15, 0.2) is 12.2 Å². The summed E-state index contributed by atoms with van der Waals surface area (Å²) < 4.78 is 68.7. The average molecular weight is 1450 g/mol. The molecule has 0 amide bonds. The first-order chi connectivity index (χ1) is 47.9. The smallest absolute Gasteiger partial charge is 0.462 e. The van der Waals surface area contributed by atoms with Crippen LogP contribution in [-0.4, -0.2) is 96.7 Å². The van der Waals surface area contributed by atoms with Crippen molar-refractivity contribution in [1.29, 1.82) is 0 Å². The molecule has 0 rings (SSSR count). The van der Waals surface area contributed by atoms with Crippen molar-refractivity contribution in [3.05, 3.63) is 0 Å². The second kappa shape index (κ2) is 71.7. The van der Waals surface area contributed by atoms with Crippen molar-refractivity contribution >= 4 is 39.5 Å². The number of hydrogen-bond donors (Lipinski definition) is 3. The molecule has 19 heteroatoms. The summed E-state index contributed by atoms with van der Waals surface area (Å²) in [5.41, 5.74) is 0. The summed E-state index contributed by atoms with van der Waals surface area (Å²) in [5.74, 6) is -0.595. The zero-order chi connectivity index (χ0) is 72.8. The maximum atomic E-state index is 13.1. The Bertz CT molecular complexity index is 1910. The van der Waals surface area contributed by atoms with Gasteiger partial charge in [-0.25, -0.2) is 9.13 Å². The Labute approximate surface area is 607 Å². The molecular weight excluding hydrogens is 1290 g/mol. The molecule has 0 radical (unpaired) electrons. The van der Waals surface area contributed by atoms with Crippen molar-refractivity contribution in [1.82, 2.24) is 0 Å². The van der Waals surface area contributed by atoms with Gasteiger partial charge in [0.1, 0.15) is 19.3 Å². The highest BCUT2D eigenvalue weighted by Crippen LogP contribution is 2.45. The van der Waals surface area contributed by atoms with Crippen LogP contribution >= 0.6 is 15.6 Å². The Morgan fingerprint density at radius 2 is 0.465 bits per heavy atom. The normalized spacial score (nSPS) is 13.9. The third-order valence-corrected chi connectivity index (χ3v) is 20.6. The fourth-order valence-corrected chi connectivity index (χ4v) is 13.9. The Hall–Kier alpha value is -1.94. The largest absolute Gasteiger partial charge is 0.472 e. The Morgan fingerprint density at radius 1 is 0.273 bits per heavy atom. The quantitative estimate of drug-likeness (QED) is 0.0222. The molecule has 17 nitrogen and oxygen atoms in total. The van der Waals surface area contributed by atoms with Crippen LogP contribution in [0.3, 0.4) is 0 Å². The van der Waals surface area contributed by atoms with Gasteiger partial charge in [0.25, 0.3) is 0 Å². The summed E-state index contributed by atoms with van der Waals surface area (Å²) in [7, 11) is -9.92. The number of ether oxygens (including phenoxy) is 4. The molecule has 0 aliphatic rings. The molecule has 0 aliphatic heterocycles. The molecule has 3 N–H and O–H groups in total. The highest BCUT2D eigenvalue weighted by atomic mass is 31.2. The van der Waals surface area contributed by atoms with Crippen LogP contribution in [-0.2, 0) is 65.4 Å². The maximum Gasteiger partial charge on any atom is 0.472 e. The summed E-state index contributed by atoms with van der Waals surface area (Å²) in [6.45, 7) is 9.61. The molecule has 99 heavy (non-hydrogen) atoms. The molecular formula is C80H156O17P2. The van der Waals surface area contributed by atoms with Crippen LogP contribution in [0.5, 0.6) is 0 Å². The second-order valence-electron chi connectivity index (χ2n) is 29.8. The zero-order valence-corrected chi connectivity index (χ0v) is 66.6. The summed E-state index contributed by atoms with van der Waals surface area (Å²) in [5, 5.41) is 10.6. The van der Waals surface area contributed by atoms with E-state index in [0.29, 0.717) is 31.6 Å². The summed E-state index contributed by atoms with van der Waals surface area (Å²) in [4.78, 5) is 73.0. The number of aliphatic hydroxyl groups is 1. The van der Waals surface area contributed by atoms with Crippen LogP contribution in [0, 0.1) is 11.8 Å². The molecule has 0 aromatic rings. The highest BCUT2D eigenvalue weighted by molar-refractivity contribution is 7.47. The number of unbranched alkanes of at least 4 members (excludes halogenated alkanes) is 49. The van der Waals surface area contributed by atoms with Gasteiger partial charge in [-0.05, 0) is 37.5 Å². The molecule has 588 valence electrons. The van der Waals surface area contributed by atoms with E-state index in [4.69, 9.17) is 37.0 Å². The Kier molecular flexibility index (Phi) is 70.3. The van der Waals surface area contributed by atoms with Gasteiger partial charge in [0.05, 0.1) is 26.4 Å². The average Bonchev–Trinajstić information content (AvgIpc) is 0.972. The van der Waals surface area contributed by atoms with Gasteiger partial charge in [0.2, 0.25) is 0 Å². The first kappa shape index (κ1) is 97.1. The SMILES string of the molecule is CCCCCCCCCCCCCCCCCCC(=O)OC[C@H](COP(=O)(O)OC[C@@H](O)COP(=O)(O)OC[C@@H](COC(=O)CCCCCCCCCC(C)C)OC(=O)CCCCCCCCCCCCCCCC)OC(=O)CCCCCCCCCCCCCCCCCCC(C)C. The van der Waals surface area contributed by atoms with Crippen molar-refractivity contribution < 1.29 is 80.2 Å². The molecule has 5 atom stereocenters. The second-order valence-corrected chi connectivity index (χ2v) is 32.7. The van der Waals surface area contributed by atoms with Crippen molar-refractivity contribution in [2.75, 3.05) is 39.6 Å². The lowest BCUT2D eigenvalue weighted by Crippen LogP contribution is -2.30. The van der Waals surface area contributed by atoms with Crippen LogP contribution < -0.4 is 0 Å². The van der Waals surface area contributed by atoms with Gasteiger partial charge in [-0.15, -0.1) is 0 Å². The van der Waals surface area contributed by atoms with Gasteiger partial charge in [0, 0.05) is 25.7 Å². The third-order valence-electron chi connectivity index (χ3n) is 18.7. The third kappa shape index (κ3) is 74.1. The number of carbonyl (C=O) groups is 4. The van der Waals surface area contributed by atoms with Crippen LogP contribution in [0.1, 0.15) is 420 Å². The van der Waals surface area contributed by atoms with Crippen LogP contribution in [0.4, 0.5) is 0 Å². The molecule has 0 saturated carbocycles. The molecule has 2 unspecified atom stereocenters. The summed E-state index contributed by atoms with van der Waals surface area (Å²) >= 11 is 0. The van der Waals surface area contributed by atoms with Crippen LogP contribution in [0.2, 0.25) is 0 Å². The summed E-state index contributed by atoms with van der Waals surface area (Å²) in [6.07, 6.45) is 61.1. The Balaban J connectivity index is 5.24. The number of hydrogen-bond acceptors (Lipinski definition) is 15. The molecule has 0 heterocycles. The van der Waals surface area contributed by atoms with Crippen molar-refractivity contribution in [3.63, 3.8) is 0 Å². The van der Waals surface area contributed by atoms with E-state index in [1.165, 1.54) is 231 Å². The molecule has 0 bridgehead atoms. The molecule has 0 aromatic heterocycles. The molecule has 0 spiro atoms. The topological polar surface area (TPSA) is 237 Å². The van der Waals surface area contributed by atoms with E-state index < -0.39 is 97.5 Å². The van der Waals surface area contributed by atoms with E-state index in [9.17, 15) is 43.2 Å². The van der Waals surface area contributed by atoms with Gasteiger partial charge in [-0.3, -0.25) is 37.3 Å². The lowest BCUT2D eigenvalue weighted by atomic mass is 10.0. The molecule has 0 aromatic carbocycles. The fraction of sp³-hybridized carbons (Fsp3) is 0.950. The molecule has 0 fully saturated rings. The van der Waals surface area contributed by atoms with E-state index in [1.54, 1.807) is 0 Å². The number of phosphoric ester groups is 2. The number of esters is 4. The lowest BCUT2D eigenvalue weighted by Gasteiger charge is -2.21. The van der Waals surface area contributed by atoms with Gasteiger partial charge in [-0.1, -0.05) is 369 Å². The number of carbonyl (C=O) groups excluding carboxylic acids is 4. The van der Waals surface area contributed by atoms with Gasteiger partial charge in [-0.2, -0.15) is 0 Å². The first-order valence-electron chi connectivity index (χ1n) is 41.5. The minimum Gasteiger partial charge on any atom is -0.462 e. The van der Waals surface area contributed by atoms with Crippen molar-refractivity contribution in [3.8, 4) is 0 Å². The van der Waals surface area contributed by atoms with Crippen molar-refractivity contribution in [2.24, 2.45) is 11.8 Å². The lowest BCUT2D eigenvalue weighted by molar-refractivity contribution is -0.161. The predicted octanol–water partition coefficient (Wildman–Crippen LogP) is 23.9. The maximum absolute atomic E-state index is 13.1. The number of aliphatic hydroxyl groups excluding tert-OH is 1. The van der Waals surface area contributed by atoms with Gasteiger partial charge >= 0.3 is 39.5 Å². The minimum atomic E-state index is -4.96. The van der Waals surface area contributed by atoms with Gasteiger partial charge < -0.3 is 33.8 Å². The zero-order valence-electron chi connectivity index (χ0n) is 64.8. The van der Waals surface area contributed by atoms with E-state index in [-0.39, 0.29) is 25.7 Å². The van der Waals surface area contributed by atoms with Crippen LogP contribution in [0.25, 0.3) is 0 Å². The van der Waals surface area contributed by atoms with E-state index in [2.05, 4.69) is 41.5 Å². The first-order valence-corrected chi connectivity index (χ1v) is 44.5. The molecule has 0 aliphatic carbocycles.